The molecule has 0 aliphatic carbocycles. The summed E-state index contributed by atoms with van der Waals surface area (Å²) < 4.78 is 11.4. The summed E-state index contributed by atoms with van der Waals surface area (Å²) >= 11 is 0. The number of aryl methyl sites for hydroxylation is 2. The number of carbonyl (C=O) groups excluding carboxylic acids is 2. The number of carbonyl (C=O) groups is 2. The van der Waals surface area contributed by atoms with Crippen molar-refractivity contribution in [3.05, 3.63) is 64.9 Å². The van der Waals surface area contributed by atoms with E-state index in [0.29, 0.717) is 42.2 Å². The Balaban J connectivity index is 1.82. The van der Waals surface area contributed by atoms with Crippen LogP contribution in [-0.2, 0) is 14.3 Å². The van der Waals surface area contributed by atoms with Gasteiger partial charge in [-0.3, -0.25) is 9.59 Å². The van der Waals surface area contributed by atoms with Crippen molar-refractivity contribution in [3.63, 3.8) is 0 Å². The third-order valence-corrected chi connectivity index (χ3v) is 5.71. The van der Waals surface area contributed by atoms with E-state index in [4.69, 9.17) is 9.47 Å². The smallest absolute Gasteiger partial charge is 0.282 e. The second-order valence-corrected chi connectivity index (χ2v) is 8.63. The summed E-state index contributed by atoms with van der Waals surface area (Å²) in [5.41, 5.74) is 4.19. The van der Waals surface area contributed by atoms with Gasteiger partial charge in [-0.05, 0) is 75.6 Å². The number of amides is 2. The van der Waals surface area contributed by atoms with Gasteiger partial charge in [-0.25, -0.2) is 4.90 Å². The molecule has 1 fully saturated rings. The molecule has 0 radical (unpaired) electrons. The monoisotopic (exact) mass is 434 g/mol. The van der Waals surface area contributed by atoms with E-state index in [1.54, 1.807) is 0 Å². The molecular formula is C26H30N2O4. The first-order chi connectivity index (χ1) is 15.3. The van der Waals surface area contributed by atoms with E-state index in [1.807, 2.05) is 82.0 Å². The lowest BCUT2D eigenvalue weighted by Gasteiger charge is -2.37. The molecule has 2 heterocycles. The highest BCUT2D eigenvalue weighted by atomic mass is 16.5. The number of hydrogen-bond donors (Lipinski definition) is 0. The van der Waals surface area contributed by atoms with Crippen molar-refractivity contribution in [2.24, 2.45) is 0 Å². The average Bonchev–Trinajstić information content (AvgIpc) is 2.97. The molecule has 2 aromatic rings. The predicted octanol–water partition coefficient (Wildman–Crippen LogP) is 4.10. The minimum absolute atomic E-state index is 0.0361. The molecule has 2 aliphatic rings. The first-order valence-electron chi connectivity index (χ1n) is 11.1. The van der Waals surface area contributed by atoms with Gasteiger partial charge in [-0.1, -0.05) is 18.2 Å². The molecule has 168 valence electrons. The molecular weight excluding hydrogens is 404 g/mol. The van der Waals surface area contributed by atoms with Crippen LogP contribution in [-0.4, -0.2) is 48.6 Å². The first kappa shape index (κ1) is 22.1. The summed E-state index contributed by atoms with van der Waals surface area (Å²) in [6.45, 7) is 11.5. The number of imide groups is 1. The van der Waals surface area contributed by atoms with Crippen LogP contribution in [0.3, 0.4) is 0 Å². The summed E-state index contributed by atoms with van der Waals surface area (Å²) in [5.74, 6) is 0.145. The normalized spacial score (nSPS) is 21.5. The van der Waals surface area contributed by atoms with Crippen molar-refractivity contribution in [1.29, 1.82) is 0 Å². The summed E-state index contributed by atoms with van der Waals surface area (Å²) in [4.78, 5) is 30.8. The highest BCUT2D eigenvalue weighted by Gasteiger charge is 2.44. The third-order valence-electron chi connectivity index (χ3n) is 5.71. The lowest BCUT2D eigenvalue weighted by Crippen LogP contribution is -2.47. The molecule has 2 atom stereocenters. The van der Waals surface area contributed by atoms with Gasteiger partial charge in [0.2, 0.25) is 0 Å². The van der Waals surface area contributed by atoms with Crippen LogP contribution < -0.4 is 9.64 Å². The van der Waals surface area contributed by atoms with Gasteiger partial charge in [0.05, 0.1) is 30.1 Å². The van der Waals surface area contributed by atoms with Crippen LogP contribution in [0.1, 0.15) is 37.5 Å². The van der Waals surface area contributed by atoms with E-state index >= 15 is 0 Å². The van der Waals surface area contributed by atoms with Crippen molar-refractivity contribution in [1.82, 2.24) is 4.90 Å². The Morgan fingerprint density at radius 3 is 2.09 bits per heavy atom. The number of ether oxygens (including phenoxy) is 2. The Hall–Kier alpha value is -3.12. The number of hydrogen-bond acceptors (Lipinski definition) is 5. The molecule has 32 heavy (non-hydrogen) atoms. The fourth-order valence-electron chi connectivity index (χ4n) is 4.63. The Labute approximate surface area is 189 Å². The molecule has 0 bridgehead atoms. The zero-order valence-electron chi connectivity index (χ0n) is 19.3. The van der Waals surface area contributed by atoms with Crippen LogP contribution in [0, 0.1) is 13.8 Å². The molecule has 4 rings (SSSR count). The Morgan fingerprint density at radius 2 is 1.53 bits per heavy atom. The number of morpholine rings is 1. The third kappa shape index (κ3) is 4.15. The van der Waals surface area contributed by atoms with E-state index in [9.17, 15) is 9.59 Å². The number of anilines is 1. The molecule has 2 aliphatic heterocycles. The number of rotatable bonds is 5. The maximum Gasteiger partial charge on any atom is 0.282 e. The lowest BCUT2D eigenvalue weighted by molar-refractivity contribution is -0.121. The summed E-state index contributed by atoms with van der Waals surface area (Å²) in [5, 5.41) is 0. The summed E-state index contributed by atoms with van der Waals surface area (Å²) in [7, 11) is 0. The van der Waals surface area contributed by atoms with E-state index in [1.165, 1.54) is 4.90 Å². The lowest BCUT2D eigenvalue weighted by atomic mass is 10.0. The van der Waals surface area contributed by atoms with Gasteiger partial charge in [-0.2, -0.15) is 0 Å². The van der Waals surface area contributed by atoms with Crippen LogP contribution in [0.25, 0.3) is 5.57 Å². The van der Waals surface area contributed by atoms with Crippen LogP contribution >= 0.6 is 0 Å². The van der Waals surface area contributed by atoms with Gasteiger partial charge in [0, 0.05) is 13.1 Å². The molecule has 1 saturated heterocycles. The highest BCUT2D eigenvalue weighted by Crippen LogP contribution is 2.37. The van der Waals surface area contributed by atoms with Gasteiger partial charge in [0.15, 0.2) is 0 Å². The van der Waals surface area contributed by atoms with Crippen molar-refractivity contribution in [2.75, 3.05) is 24.6 Å². The zero-order valence-corrected chi connectivity index (χ0v) is 19.3. The van der Waals surface area contributed by atoms with Crippen molar-refractivity contribution < 1.29 is 19.1 Å². The Morgan fingerprint density at radius 1 is 0.938 bits per heavy atom. The van der Waals surface area contributed by atoms with Gasteiger partial charge in [0.1, 0.15) is 11.4 Å². The predicted molar refractivity (Wildman–Crippen MR) is 125 cm³/mol. The molecule has 2 amide bonds. The molecule has 2 unspecified atom stereocenters. The fourth-order valence-corrected chi connectivity index (χ4v) is 4.63. The van der Waals surface area contributed by atoms with Gasteiger partial charge < -0.3 is 14.4 Å². The topological polar surface area (TPSA) is 59.1 Å². The van der Waals surface area contributed by atoms with Crippen LogP contribution in [0.4, 0.5) is 5.69 Å². The summed E-state index contributed by atoms with van der Waals surface area (Å²) in [6.07, 6.45) is -0.0722. The Kier molecular flexibility index (Phi) is 6.07. The van der Waals surface area contributed by atoms with Gasteiger partial charge in [0.25, 0.3) is 11.8 Å². The zero-order chi connectivity index (χ0) is 23.0. The molecule has 6 heteroatoms. The minimum atomic E-state index is -0.300. The van der Waals surface area contributed by atoms with E-state index < -0.39 is 0 Å². The standard InChI is InChI=1S/C26H30N2O4/c1-6-31-22-9-7-20(8-10-22)23-24(27-14-18(4)32-19(5)15-27)26(30)28(25(23)29)21-12-16(2)11-17(3)13-21/h7-13,18-19H,6,14-15H2,1-5H3. The van der Waals surface area contributed by atoms with Crippen molar-refractivity contribution in [3.8, 4) is 5.75 Å². The highest BCUT2D eigenvalue weighted by molar-refractivity contribution is 6.45. The van der Waals surface area contributed by atoms with E-state index in [2.05, 4.69) is 0 Å². The number of benzene rings is 2. The molecule has 6 nitrogen and oxygen atoms in total. The van der Waals surface area contributed by atoms with E-state index in [0.717, 1.165) is 16.9 Å². The second kappa shape index (κ2) is 8.79. The quantitative estimate of drug-likeness (QED) is 0.664. The average molecular weight is 435 g/mol. The first-order valence-corrected chi connectivity index (χ1v) is 11.1. The maximum absolute atomic E-state index is 13.7. The van der Waals surface area contributed by atoms with Crippen LogP contribution in [0.5, 0.6) is 5.75 Å². The minimum Gasteiger partial charge on any atom is -0.494 e. The molecule has 0 saturated carbocycles. The molecule has 0 spiro atoms. The van der Waals surface area contributed by atoms with Crippen LogP contribution in [0.2, 0.25) is 0 Å². The van der Waals surface area contributed by atoms with Gasteiger partial charge >= 0.3 is 0 Å². The molecule has 2 aromatic carbocycles. The van der Waals surface area contributed by atoms with Crippen LogP contribution in [0.15, 0.2) is 48.2 Å². The van der Waals surface area contributed by atoms with Crippen molar-refractivity contribution >= 4 is 23.1 Å². The second-order valence-electron chi connectivity index (χ2n) is 8.63. The van der Waals surface area contributed by atoms with Crippen molar-refractivity contribution in [2.45, 2.75) is 46.8 Å². The summed E-state index contributed by atoms with van der Waals surface area (Å²) in [6, 6.07) is 13.2. The fraction of sp³-hybridized carbons (Fsp3) is 0.385. The maximum atomic E-state index is 13.7. The number of nitrogens with zero attached hydrogens (tertiary/aromatic N) is 2. The van der Waals surface area contributed by atoms with E-state index in [-0.39, 0.29) is 24.0 Å². The SMILES string of the molecule is CCOc1ccc(C2=C(N3CC(C)OC(C)C3)C(=O)N(c3cc(C)cc(C)c3)C2=O)cc1. The molecule has 0 N–H and O–H groups in total. The molecule has 0 aromatic heterocycles. The van der Waals surface area contributed by atoms with Gasteiger partial charge in [-0.15, -0.1) is 0 Å². The largest absolute Gasteiger partial charge is 0.494 e. The Bertz CT molecular complexity index is 1040.